The summed E-state index contributed by atoms with van der Waals surface area (Å²) in [5.41, 5.74) is 0.881. The maximum absolute atomic E-state index is 11.2. The normalized spacial score (nSPS) is 19.1. The highest BCUT2D eigenvalue weighted by Crippen LogP contribution is 2.33. The summed E-state index contributed by atoms with van der Waals surface area (Å²) >= 11 is 0. The molecule has 2 heterocycles. The molecule has 0 bridgehead atoms. The van der Waals surface area contributed by atoms with E-state index in [4.69, 9.17) is 0 Å². The molecule has 92 valence electrons. The molecule has 0 atom stereocenters. The number of hydrogen-bond donors (Lipinski definition) is 1. The maximum Gasteiger partial charge on any atom is 0.219 e. The molecule has 2 rings (SSSR count). The Balaban J connectivity index is 2.18. The van der Waals surface area contributed by atoms with E-state index < -0.39 is 5.60 Å². The lowest BCUT2D eigenvalue weighted by molar-refractivity contribution is -0.133. The molecule has 0 saturated carbocycles. The van der Waals surface area contributed by atoms with Crippen molar-refractivity contribution in [3.8, 4) is 0 Å². The third-order valence-corrected chi connectivity index (χ3v) is 3.49. The van der Waals surface area contributed by atoms with Crippen molar-refractivity contribution >= 4 is 5.91 Å². The van der Waals surface area contributed by atoms with E-state index in [0.717, 1.165) is 11.3 Å². The quantitative estimate of drug-likeness (QED) is 0.795. The van der Waals surface area contributed by atoms with Gasteiger partial charge in [-0.1, -0.05) is 6.07 Å². The van der Waals surface area contributed by atoms with Crippen molar-refractivity contribution < 1.29 is 9.90 Å². The van der Waals surface area contributed by atoms with Crippen LogP contribution in [-0.4, -0.2) is 34.0 Å². The minimum Gasteiger partial charge on any atom is -0.383 e. The zero-order valence-electron chi connectivity index (χ0n) is 10.3. The van der Waals surface area contributed by atoms with E-state index >= 15 is 0 Å². The van der Waals surface area contributed by atoms with Crippen LogP contribution in [0, 0.1) is 6.92 Å². The van der Waals surface area contributed by atoms with Crippen molar-refractivity contribution in [2.24, 2.45) is 0 Å². The van der Waals surface area contributed by atoms with Crippen LogP contribution in [0.25, 0.3) is 0 Å². The Hall–Kier alpha value is -1.42. The number of hydrogen-bond acceptors (Lipinski definition) is 3. The van der Waals surface area contributed by atoms with Crippen molar-refractivity contribution in [2.75, 3.05) is 13.1 Å². The van der Waals surface area contributed by atoms with E-state index in [-0.39, 0.29) is 5.91 Å². The van der Waals surface area contributed by atoms with E-state index in [2.05, 4.69) is 4.98 Å². The summed E-state index contributed by atoms with van der Waals surface area (Å²) < 4.78 is 0. The van der Waals surface area contributed by atoms with Crippen molar-refractivity contribution in [3.05, 3.63) is 29.6 Å². The van der Waals surface area contributed by atoms with Gasteiger partial charge in [-0.15, -0.1) is 0 Å². The molecule has 0 aromatic carbocycles. The third kappa shape index (κ3) is 2.31. The van der Waals surface area contributed by atoms with Crippen LogP contribution in [0.4, 0.5) is 0 Å². The van der Waals surface area contributed by atoms with Gasteiger partial charge in [0.2, 0.25) is 5.91 Å². The number of aromatic nitrogens is 1. The highest BCUT2D eigenvalue weighted by Gasteiger charge is 2.36. The Morgan fingerprint density at radius 3 is 2.65 bits per heavy atom. The Morgan fingerprint density at radius 2 is 2.12 bits per heavy atom. The highest BCUT2D eigenvalue weighted by atomic mass is 16.3. The minimum atomic E-state index is -0.878. The molecule has 1 aromatic rings. The molecular formula is C13H18N2O2. The van der Waals surface area contributed by atoms with Gasteiger partial charge in [-0.25, -0.2) is 0 Å². The number of pyridine rings is 1. The third-order valence-electron chi connectivity index (χ3n) is 3.49. The summed E-state index contributed by atoms with van der Waals surface area (Å²) in [5, 5.41) is 10.6. The van der Waals surface area contributed by atoms with Gasteiger partial charge in [-0.05, 0) is 31.4 Å². The summed E-state index contributed by atoms with van der Waals surface area (Å²) in [6.45, 7) is 4.72. The fourth-order valence-corrected chi connectivity index (χ4v) is 2.40. The molecule has 1 aliphatic heterocycles. The Bertz CT molecular complexity index is 423. The van der Waals surface area contributed by atoms with Crippen molar-refractivity contribution in [2.45, 2.75) is 32.3 Å². The maximum atomic E-state index is 11.2. The number of rotatable bonds is 1. The minimum absolute atomic E-state index is 0.0739. The fourth-order valence-electron chi connectivity index (χ4n) is 2.40. The first-order valence-corrected chi connectivity index (χ1v) is 5.93. The average molecular weight is 234 g/mol. The van der Waals surface area contributed by atoms with Crippen LogP contribution in [-0.2, 0) is 10.4 Å². The van der Waals surface area contributed by atoms with Gasteiger partial charge in [0.15, 0.2) is 0 Å². The number of likely N-dealkylation sites (tertiary alicyclic amines) is 1. The van der Waals surface area contributed by atoms with Gasteiger partial charge < -0.3 is 10.0 Å². The molecular weight excluding hydrogens is 216 g/mol. The topological polar surface area (TPSA) is 53.4 Å². The van der Waals surface area contributed by atoms with Gasteiger partial charge in [-0.2, -0.15) is 0 Å². The van der Waals surface area contributed by atoms with Crippen LogP contribution >= 0.6 is 0 Å². The number of carbonyl (C=O) groups is 1. The van der Waals surface area contributed by atoms with Crippen LogP contribution < -0.4 is 0 Å². The summed E-state index contributed by atoms with van der Waals surface area (Å²) in [6, 6.07) is 3.82. The molecule has 4 heteroatoms. The number of nitrogens with zero attached hydrogens (tertiary/aromatic N) is 2. The zero-order valence-corrected chi connectivity index (χ0v) is 10.3. The number of piperidine rings is 1. The first-order valence-electron chi connectivity index (χ1n) is 5.93. The molecule has 0 radical (unpaired) electrons. The Morgan fingerprint density at radius 1 is 1.47 bits per heavy atom. The fraction of sp³-hybridized carbons (Fsp3) is 0.538. The van der Waals surface area contributed by atoms with E-state index in [9.17, 15) is 9.90 Å². The van der Waals surface area contributed by atoms with E-state index in [1.807, 2.05) is 19.1 Å². The predicted molar refractivity (Wildman–Crippen MR) is 64.4 cm³/mol. The number of aryl methyl sites for hydroxylation is 1. The lowest BCUT2D eigenvalue weighted by atomic mass is 9.86. The van der Waals surface area contributed by atoms with Gasteiger partial charge in [0, 0.05) is 26.2 Å². The van der Waals surface area contributed by atoms with Crippen LogP contribution in [0.2, 0.25) is 0 Å². The van der Waals surface area contributed by atoms with Crippen LogP contribution in [0.1, 0.15) is 31.0 Å². The summed E-state index contributed by atoms with van der Waals surface area (Å²) in [4.78, 5) is 17.3. The Kier molecular flexibility index (Phi) is 3.15. The number of amides is 1. The lowest BCUT2D eigenvalue weighted by Crippen LogP contribution is -2.45. The molecule has 1 aromatic heterocycles. The second-order valence-corrected chi connectivity index (χ2v) is 4.71. The predicted octanol–water partition coefficient (Wildman–Crippen LogP) is 1.22. The smallest absolute Gasteiger partial charge is 0.219 e. The molecule has 0 unspecified atom stereocenters. The second kappa shape index (κ2) is 4.45. The number of aliphatic hydroxyl groups is 1. The summed E-state index contributed by atoms with van der Waals surface area (Å²) in [5.74, 6) is 0.0739. The van der Waals surface area contributed by atoms with E-state index in [0.29, 0.717) is 25.9 Å². The summed E-state index contributed by atoms with van der Waals surface area (Å²) in [6.07, 6.45) is 2.83. The van der Waals surface area contributed by atoms with Gasteiger partial charge >= 0.3 is 0 Å². The Labute approximate surface area is 101 Å². The molecule has 1 amide bonds. The monoisotopic (exact) mass is 234 g/mol. The van der Waals surface area contributed by atoms with Crippen LogP contribution in [0.15, 0.2) is 18.3 Å². The molecule has 1 saturated heterocycles. The van der Waals surface area contributed by atoms with Crippen LogP contribution in [0.5, 0.6) is 0 Å². The summed E-state index contributed by atoms with van der Waals surface area (Å²) in [7, 11) is 0. The first-order chi connectivity index (χ1) is 8.03. The first kappa shape index (κ1) is 12.0. The lowest BCUT2D eigenvalue weighted by Gasteiger charge is -2.38. The van der Waals surface area contributed by atoms with E-state index in [1.54, 1.807) is 18.0 Å². The molecule has 0 spiro atoms. The standard InChI is InChI=1S/C13H18N2O2/c1-10-4-3-7-14-12(10)13(17)5-8-15(9-6-13)11(2)16/h3-4,7,17H,5-6,8-9H2,1-2H3. The molecule has 1 N–H and O–H groups in total. The van der Waals surface area contributed by atoms with Crippen molar-refractivity contribution in [1.82, 2.24) is 9.88 Å². The van der Waals surface area contributed by atoms with Crippen molar-refractivity contribution in [1.29, 1.82) is 0 Å². The van der Waals surface area contributed by atoms with Crippen LogP contribution in [0.3, 0.4) is 0 Å². The van der Waals surface area contributed by atoms with Gasteiger partial charge in [-0.3, -0.25) is 9.78 Å². The molecule has 4 nitrogen and oxygen atoms in total. The second-order valence-electron chi connectivity index (χ2n) is 4.71. The largest absolute Gasteiger partial charge is 0.383 e. The molecule has 0 aliphatic carbocycles. The SMILES string of the molecule is CC(=O)N1CCC(O)(c2ncccc2C)CC1. The van der Waals surface area contributed by atoms with Gasteiger partial charge in [0.1, 0.15) is 5.60 Å². The average Bonchev–Trinajstić information content (AvgIpc) is 2.30. The van der Waals surface area contributed by atoms with Gasteiger partial charge in [0.25, 0.3) is 0 Å². The highest BCUT2D eigenvalue weighted by molar-refractivity contribution is 5.73. The van der Waals surface area contributed by atoms with E-state index in [1.165, 1.54) is 0 Å². The molecule has 1 fully saturated rings. The van der Waals surface area contributed by atoms with Crippen molar-refractivity contribution in [3.63, 3.8) is 0 Å². The zero-order chi connectivity index (χ0) is 12.5. The molecule has 17 heavy (non-hydrogen) atoms. The molecule has 1 aliphatic rings. The number of carbonyl (C=O) groups excluding carboxylic acids is 1. The van der Waals surface area contributed by atoms with Gasteiger partial charge in [0.05, 0.1) is 5.69 Å².